The molecule has 10 heteroatoms. The molecular formula is C15H27NO9. The van der Waals surface area contributed by atoms with Crippen LogP contribution in [0.4, 0.5) is 0 Å². The average Bonchev–Trinajstić information content (AvgIpc) is 2.42. The summed E-state index contributed by atoms with van der Waals surface area (Å²) in [6.45, 7) is 6.26. The maximum Gasteiger partial charge on any atom is 0.331 e. The Morgan fingerprint density at radius 3 is 1.76 bits per heavy atom. The van der Waals surface area contributed by atoms with Crippen molar-refractivity contribution in [2.45, 2.75) is 59.4 Å². The molecule has 0 radical (unpaired) electrons. The Morgan fingerprint density at radius 1 is 0.960 bits per heavy atom. The number of unbranched alkanes of at least 4 members (excludes halogenated alkanes) is 2. The molecule has 0 fully saturated rings. The molecule has 0 aromatic heterocycles. The lowest BCUT2D eigenvalue weighted by atomic mass is 10.2. The van der Waals surface area contributed by atoms with Crippen molar-refractivity contribution in [3.05, 3.63) is 0 Å². The van der Waals surface area contributed by atoms with E-state index < -0.39 is 36.3 Å². The SMILES string of the molecule is CC(=O)O.CC(=O)OC(=O)C(N)CC(=O)O.CCCCCOC(C)=O. The zero-order valence-corrected chi connectivity index (χ0v) is 14.9. The Kier molecular flexibility index (Phi) is 19.5. The number of carboxylic acids is 2. The van der Waals surface area contributed by atoms with Crippen LogP contribution in [0.2, 0.25) is 0 Å². The van der Waals surface area contributed by atoms with E-state index in [0.29, 0.717) is 6.61 Å². The van der Waals surface area contributed by atoms with Crippen molar-refractivity contribution in [3.63, 3.8) is 0 Å². The van der Waals surface area contributed by atoms with E-state index in [1.54, 1.807) is 0 Å². The van der Waals surface area contributed by atoms with Gasteiger partial charge in [-0.2, -0.15) is 0 Å². The Balaban J connectivity index is -0.000000328. The molecule has 0 aromatic carbocycles. The van der Waals surface area contributed by atoms with E-state index in [1.807, 2.05) is 0 Å². The van der Waals surface area contributed by atoms with Gasteiger partial charge in [-0.15, -0.1) is 0 Å². The van der Waals surface area contributed by atoms with E-state index in [-0.39, 0.29) is 5.97 Å². The normalized spacial score (nSPS) is 9.96. The number of hydrogen-bond donors (Lipinski definition) is 3. The summed E-state index contributed by atoms with van der Waals surface area (Å²) in [5.74, 6) is -4.06. The molecule has 0 saturated carbocycles. The quantitative estimate of drug-likeness (QED) is 0.331. The van der Waals surface area contributed by atoms with E-state index in [1.165, 1.54) is 13.3 Å². The van der Waals surface area contributed by atoms with E-state index in [9.17, 15) is 19.2 Å². The van der Waals surface area contributed by atoms with Gasteiger partial charge in [0.2, 0.25) is 0 Å². The van der Waals surface area contributed by atoms with Crippen LogP contribution in [0.25, 0.3) is 0 Å². The van der Waals surface area contributed by atoms with Crippen molar-refractivity contribution in [2.24, 2.45) is 5.73 Å². The number of carbonyl (C=O) groups is 5. The highest BCUT2D eigenvalue weighted by Crippen LogP contribution is 1.93. The fourth-order valence-corrected chi connectivity index (χ4v) is 1.06. The first-order chi connectivity index (χ1) is 11.4. The van der Waals surface area contributed by atoms with Gasteiger partial charge in [0.15, 0.2) is 0 Å². The van der Waals surface area contributed by atoms with E-state index in [0.717, 1.165) is 26.7 Å². The third kappa shape index (κ3) is 34.0. The fourth-order valence-electron chi connectivity index (χ4n) is 1.06. The summed E-state index contributed by atoms with van der Waals surface area (Å²) in [5.41, 5.74) is 5.06. The van der Waals surface area contributed by atoms with Crippen molar-refractivity contribution in [1.29, 1.82) is 0 Å². The van der Waals surface area contributed by atoms with Gasteiger partial charge in [0, 0.05) is 20.8 Å². The number of carboxylic acid groups (broad SMARTS) is 2. The zero-order valence-electron chi connectivity index (χ0n) is 14.9. The number of ether oxygens (including phenoxy) is 2. The molecule has 0 amide bonds. The van der Waals surface area contributed by atoms with Gasteiger partial charge in [-0.05, 0) is 6.42 Å². The number of nitrogens with two attached hydrogens (primary N) is 1. The summed E-state index contributed by atoms with van der Waals surface area (Å²) in [6, 6.07) is -1.29. The van der Waals surface area contributed by atoms with Crippen LogP contribution >= 0.6 is 0 Å². The summed E-state index contributed by atoms with van der Waals surface area (Å²) in [7, 11) is 0. The molecule has 4 N–H and O–H groups in total. The molecule has 0 aliphatic carbocycles. The molecule has 146 valence electrons. The van der Waals surface area contributed by atoms with Crippen LogP contribution in [0.3, 0.4) is 0 Å². The lowest BCUT2D eigenvalue weighted by Crippen LogP contribution is -2.35. The monoisotopic (exact) mass is 365 g/mol. The average molecular weight is 365 g/mol. The van der Waals surface area contributed by atoms with Gasteiger partial charge in [0.05, 0.1) is 13.0 Å². The first-order valence-electron chi connectivity index (χ1n) is 7.46. The highest BCUT2D eigenvalue weighted by Gasteiger charge is 2.19. The zero-order chi connectivity index (χ0) is 20.4. The maximum absolute atomic E-state index is 10.7. The van der Waals surface area contributed by atoms with Crippen LogP contribution in [0, 0.1) is 0 Å². The van der Waals surface area contributed by atoms with Gasteiger partial charge in [0.1, 0.15) is 6.04 Å². The minimum atomic E-state index is -1.29. The molecule has 0 bridgehead atoms. The van der Waals surface area contributed by atoms with Crippen LogP contribution in [0.5, 0.6) is 0 Å². The largest absolute Gasteiger partial charge is 0.481 e. The summed E-state index contributed by atoms with van der Waals surface area (Å²) >= 11 is 0. The molecule has 0 aromatic rings. The lowest BCUT2D eigenvalue weighted by Gasteiger charge is -2.05. The smallest absolute Gasteiger partial charge is 0.331 e. The molecule has 10 nitrogen and oxygen atoms in total. The summed E-state index contributed by atoms with van der Waals surface area (Å²) in [5, 5.41) is 15.6. The molecule has 1 atom stereocenters. The number of esters is 3. The predicted octanol–water partition coefficient (Wildman–Crippen LogP) is 0.709. The molecule has 1 unspecified atom stereocenters. The summed E-state index contributed by atoms with van der Waals surface area (Å²) in [6.07, 6.45) is 2.76. The standard InChI is InChI=1S/C7H14O2.C6H9NO5.C2H4O2/c1-3-4-5-6-9-7(2)8;1-3(8)12-6(11)4(7)2-5(9)10;1-2(3)4/h3-6H2,1-2H3;4H,2,7H2,1H3,(H,9,10);1H3,(H,3,4). The molecular weight excluding hydrogens is 338 g/mol. The minimum absolute atomic E-state index is 0.175. The van der Waals surface area contributed by atoms with Crippen LogP contribution in [-0.2, 0) is 33.4 Å². The van der Waals surface area contributed by atoms with Gasteiger partial charge in [0.25, 0.3) is 5.97 Å². The van der Waals surface area contributed by atoms with Gasteiger partial charge >= 0.3 is 23.9 Å². The topological polar surface area (TPSA) is 170 Å². The predicted molar refractivity (Wildman–Crippen MR) is 86.5 cm³/mol. The number of rotatable bonds is 7. The van der Waals surface area contributed by atoms with Crippen molar-refractivity contribution >= 4 is 29.8 Å². The first-order valence-corrected chi connectivity index (χ1v) is 7.46. The third-order valence-electron chi connectivity index (χ3n) is 1.99. The van der Waals surface area contributed by atoms with Gasteiger partial charge in [-0.25, -0.2) is 4.79 Å². The summed E-state index contributed by atoms with van der Waals surface area (Å²) < 4.78 is 8.75. The van der Waals surface area contributed by atoms with Crippen LogP contribution in [0.15, 0.2) is 0 Å². The Bertz CT molecular complexity index is 431. The maximum atomic E-state index is 10.7. The molecule has 0 saturated heterocycles. The van der Waals surface area contributed by atoms with E-state index in [4.69, 9.17) is 25.5 Å². The van der Waals surface area contributed by atoms with Gasteiger partial charge < -0.3 is 25.4 Å². The number of aliphatic carboxylic acids is 2. The van der Waals surface area contributed by atoms with E-state index >= 15 is 0 Å². The number of hydrogen-bond acceptors (Lipinski definition) is 8. The first kappa shape index (κ1) is 27.4. The summed E-state index contributed by atoms with van der Waals surface area (Å²) in [4.78, 5) is 50.1. The Morgan fingerprint density at radius 2 is 1.44 bits per heavy atom. The molecule has 0 aliphatic rings. The second-order valence-corrected chi connectivity index (χ2v) is 4.68. The van der Waals surface area contributed by atoms with Gasteiger partial charge in [-0.1, -0.05) is 19.8 Å². The van der Waals surface area contributed by atoms with Crippen molar-refractivity contribution in [2.75, 3.05) is 6.61 Å². The van der Waals surface area contributed by atoms with Crippen LogP contribution in [-0.4, -0.2) is 52.7 Å². The lowest BCUT2D eigenvalue weighted by molar-refractivity contribution is -0.160. The minimum Gasteiger partial charge on any atom is -0.481 e. The fraction of sp³-hybridized carbons (Fsp3) is 0.667. The van der Waals surface area contributed by atoms with E-state index in [2.05, 4.69) is 11.7 Å². The van der Waals surface area contributed by atoms with Crippen molar-refractivity contribution in [3.8, 4) is 0 Å². The van der Waals surface area contributed by atoms with Crippen molar-refractivity contribution < 1.29 is 43.7 Å². The highest BCUT2D eigenvalue weighted by atomic mass is 16.6. The Hall–Kier alpha value is -2.49. The van der Waals surface area contributed by atoms with Crippen LogP contribution < -0.4 is 5.73 Å². The molecule has 0 spiro atoms. The highest BCUT2D eigenvalue weighted by molar-refractivity contribution is 5.89. The third-order valence-corrected chi connectivity index (χ3v) is 1.99. The van der Waals surface area contributed by atoms with Crippen molar-refractivity contribution in [1.82, 2.24) is 0 Å². The number of carbonyl (C=O) groups excluding carboxylic acids is 3. The molecule has 0 rings (SSSR count). The second kappa shape index (κ2) is 17.9. The van der Waals surface area contributed by atoms with Crippen LogP contribution in [0.1, 0.15) is 53.4 Å². The second-order valence-electron chi connectivity index (χ2n) is 4.68. The molecule has 0 heterocycles. The molecule has 0 aliphatic heterocycles. The molecule has 25 heavy (non-hydrogen) atoms. The Labute approximate surface area is 146 Å². The van der Waals surface area contributed by atoms with Gasteiger partial charge in [-0.3, -0.25) is 19.2 Å².